The Kier molecular flexibility index (Phi) is 4.86. The first-order chi connectivity index (χ1) is 7.95. The van der Waals surface area contributed by atoms with Crippen LogP contribution in [-0.4, -0.2) is 43.0 Å². The van der Waals surface area contributed by atoms with Crippen molar-refractivity contribution >= 4 is 15.9 Å². The number of pyridine rings is 1. The molecule has 7 heteroatoms. The van der Waals surface area contributed by atoms with Crippen LogP contribution in [0.3, 0.4) is 0 Å². The highest BCUT2D eigenvalue weighted by Gasteiger charge is 2.16. The minimum Gasteiger partial charge on any atom is -0.396 e. The first-order valence-electron chi connectivity index (χ1n) is 5.23. The molecule has 1 heterocycles. The van der Waals surface area contributed by atoms with Crippen LogP contribution in [0.4, 0.5) is 5.69 Å². The van der Waals surface area contributed by atoms with E-state index in [1.807, 2.05) is 0 Å². The highest BCUT2D eigenvalue weighted by atomic mass is 32.2. The van der Waals surface area contributed by atoms with Crippen molar-refractivity contribution in [2.24, 2.45) is 0 Å². The van der Waals surface area contributed by atoms with Gasteiger partial charge in [0.15, 0.2) is 0 Å². The number of rotatable bonds is 6. The summed E-state index contributed by atoms with van der Waals surface area (Å²) >= 11 is 0. The summed E-state index contributed by atoms with van der Waals surface area (Å²) in [6.07, 6.45) is 1.95. The minimum atomic E-state index is -3.56. The van der Waals surface area contributed by atoms with Gasteiger partial charge in [0.1, 0.15) is 0 Å². The van der Waals surface area contributed by atoms with E-state index in [1.54, 1.807) is 25.3 Å². The molecule has 0 fully saturated rings. The Balaban J connectivity index is 2.72. The van der Waals surface area contributed by atoms with E-state index in [0.29, 0.717) is 12.1 Å². The fourth-order valence-electron chi connectivity index (χ4n) is 1.25. The van der Waals surface area contributed by atoms with Crippen LogP contribution in [-0.2, 0) is 10.2 Å². The molecule has 0 amide bonds. The Bertz CT molecular complexity index is 462. The van der Waals surface area contributed by atoms with E-state index in [1.165, 1.54) is 11.4 Å². The van der Waals surface area contributed by atoms with Crippen LogP contribution in [0.5, 0.6) is 0 Å². The molecule has 1 rings (SSSR count). The van der Waals surface area contributed by atoms with Crippen LogP contribution in [0.1, 0.15) is 12.1 Å². The van der Waals surface area contributed by atoms with Gasteiger partial charge in [0.05, 0.1) is 5.69 Å². The van der Waals surface area contributed by atoms with Gasteiger partial charge in [0.25, 0.3) is 0 Å². The maximum absolute atomic E-state index is 11.8. The molecule has 0 atom stereocenters. The maximum Gasteiger partial charge on any atom is 0.301 e. The van der Waals surface area contributed by atoms with Gasteiger partial charge >= 0.3 is 10.2 Å². The van der Waals surface area contributed by atoms with Gasteiger partial charge in [-0.2, -0.15) is 12.7 Å². The van der Waals surface area contributed by atoms with E-state index in [2.05, 4.69) is 9.71 Å². The molecule has 0 spiro atoms. The lowest BCUT2D eigenvalue weighted by molar-refractivity contribution is 0.276. The van der Waals surface area contributed by atoms with Crippen molar-refractivity contribution in [3.8, 4) is 0 Å². The molecule has 96 valence electrons. The standard InChI is InChI=1S/C10H17N3O3S/c1-9-8-10(4-5-11-9)12-17(15,16)13(2)6-3-7-14/h4-5,8,14H,3,6-7H2,1-2H3,(H,11,12). The molecule has 1 aromatic rings. The number of hydrogen-bond donors (Lipinski definition) is 2. The average Bonchev–Trinajstić information content (AvgIpc) is 2.25. The van der Waals surface area contributed by atoms with Gasteiger partial charge in [-0.1, -0.05) is 0 Å². The van der Waals surface area contributed by atoms with E-state index in [4.69, 9.17) is 5.11 Å². The van der Waals surface area contributed by atoms with E-state index < -0.39 is 10.2 Å². The minimum absolute atomic E-state index is 0.0335. The Morgan fingerprint density at radius 2 is 2.24 bits per heavy atom. The largest absolute Gasteiger partial charge is 0.396 e. The third kappa shape index (κ3) is 4.29. The molecular weight excluding hydrogens is 242 g/mol. The van der Waals surface area contributed by atoms with Gasteiger partial charge in [-0.25, -0.2) is 0 Å². The molecule has 1 aromatic heterocycles. The lowest BCUT2D eigenvalue weighted by Gasteiger charge is -2.17. The number of nitrogens with zero attached hydrogens (tertiary/aromatic N) is 2. The number of aliphatic hydroxyl groups excluding tert-OH is 1. The van der Waals surface area contributed by atoms with Crippen molar-refractivity contribution in [2.75, 3.05) is 24.9 Å². The molecule has 0 aliphatic rings. The van der Waals surface area contributed by atoms with Gasteiger partial charge in [0.2, 0.25) is 0 Å². The second-order valence-corrected chi connectivity index (χ2v) is 5.47. The van der Waals surface area contributed by atoms with Crippen molar-refractivity contribution in [1.29, 1.82) is 0 Å². The lowest BCUT2D eigenvalue weighted by Crippen LogP contribution is -2.33. The van der Waals surface area contributed by atoms with E-state index >= 15 is 0 Å². The number of nitrogens with one attached hydrogen (secondary N) is 1. The Morgan fingerprint density at radius 1 is 1.53 bits per heavy atom. The van der Waals surface area contributed by atoms with Crippen LogP contribution < -0.4 is 4.72 Å². The van der Waals surface area contributed by atoms with Gasteiger partial charge in [-0.15, -0.1) is 0 Å². The zero-order chi connectivity index (χ0) is 12.9. The summed E-state index contributed by atoms with van der Waals surface area (Å²) in [5, 5.41) is 8.66. The number of aromatic nitrogens is 1. The topological polar surface area (TPSA) is 82.5 Å². The van der Waals surface area contributed by atoms with Crippen LogP contribution in [0.15, 0.2) is 18.3 Å². The highest BCUT2D eigenvalue weighted by molar-refractivity contribution is 7.90. The van der Waals surface area contributed by atoms with Crippen LogP contribution in [0.2, 0.25) is 0 Å². The molecule has 0 saturated carbocycles. The molecule has 17 heavy (non-hydrogen) atoms. The first kappa shape index (κ1) is 13.9. The monoisotopic (exact) mass is 259 g/mol. The second-order valence-electron chi connectivity index (χ2n) is 3.69. The molecule has 0 aromatic carbocycles. The van der Waals surface area contributed by atoms with Crippen LogP contribution in [0.25, 0.3) is 0 Å². The smallest absolute Gasteiger partial charge is 0.301 e. The lowest BCUT2D eigenvalue weighted by atomic mass is 10.3. The molecule has 0 saturated heterocycles. The molecular formula is C10H17N3O3S. The van der Waals surface area contributed by atoms with Gasteiger partial charge in [-0.05, 0) is 25.5 Å². The summed E-state index contributed by atoms with van der Waals surface area (Å²) in [7, 11) is -2.09. The van der Waals surface area contributed by atoms with E-state index in [0.717, 1.165) is 5.69 Å². The number of aryl methyl sites for hydroxylation is 1. The molecule has 0 bridgehead atoms. The van der Waals surface area contributed by atoms with Crippen molar-refractivity contribution in [3.63, 3.8) is 0 Å². The van der Waals surface area contributed by atoms with Gasteiger partial charge in [-0.3, -0.25) is 9.71 Å². The molecule has 2 N–H and O–H groups in total. The van der Waals surface area contributed by atoms with Gasteiger partial charge in [0, 0.05) is 32.1 Å². The Morgan fingerprint density at radius 3 is 2.82 bits per heavy atom. The normalized spacial score (nSPS) is 11.8. The van der Waals surface area contributed by atoms with E-state index in [-0.39, 0.29) is 13.2 Å². The summed E-state index contributed by atoms with van der Waals surface area (Å²) < 4.78 is 27.3. The van der Waals surface area contributed by atoms with Gasteiger partial charge < -0.3 is 5.11 Å². The third-order valence-electron chi connectivity index (χ3n) is 2.18. The summed E-state index contributed by atoms with van der Waals surface area (Å²) in [6.45, 7) is 2.03. The van der Waals surface area contributed by atoms with E-state index in [9.17, 15) is 8.42 Å². The van der Waals surface area contributed by atoms with Crippen molar-refractivity contribution in [1.82, 2.24) is 9.29 Å². The molecule has 0 aliphatic heterocycles. The highest BCUT2D eigenvalue weighted by Crippen LogP contribution is 2.11. The Hall–Kier alpha value is -1.18. The predicted octanol–water partition coefficient (Wildman–Crippen LogP) is 0.361. The number of aliphatic hydroxyl groups is 1. The van der Waals surface area contributed by atoms with Crippen molar-refractivity contribution in [3.05, 3.63) is 24.0 Å². The number of anilines is 1. The van der Waals surface area contributed by atoms with Crippen molar-refractivity contribution in [2.45, 2.75) is 13.3 Å². The second kappa shape index (κ2) is 5.95. The predicted molar refractivity (Wildman–Crippen MR) is 65.8 cm³/mol. The molecule has 0 aliphatic carbocycles. The zero-order valence-electron chi connectivity index (χ0n) is 9.92. The Labute approximate surface area is 101 Å². The summed E-state index contributed by atoms with van der Waals surface area (Å²) in [5.41, 5.74) is 1.22. The summed E-state index contributed by atoms with van der Waals surface area (Å²) in [4.78, 5) is 3.98. The fourth-order valence-corrected chi connectivity index (χ4v) is 2.20. The van der Waals surface area contributed by atoms with Crippen molar-refractivity contribution < 1.29 is 13.5 Å². The number of hydrogen-bond acceptors (Lipinski definition) is 4. The third-order valence-corrected chi connectivity index (χ3v) is 3.68. The van der Waals surface area contributed by atoms with Crippen LogP contribution in [0, 0.1) is 6.92 Å². The zero-order valence-corrected chi connectivity index (χ0v) is 10.7. The van der Waals surface area contributed by atoms with Crippen LogP contribution >= 0.6 is 0 Å². The fraction of sp³-hybridized carbons (Fsp3) is 0.500. The first-order valence-corrected chi connectivity index (χ1v) is 6.67. The summed E-state index contributed by atoms with van der Waals surface area (Å²) in [6, 6.07) is 3.24. The SMILES string of the molecule is Cc1cc(NS(=O)(=O)N(C)CCCO)ccn1. The quantitative estimate of drug-likeness (QED) is 0.773. The molecule has 0 radical (unpaired) electrons. The maximum atomic E-state index is 11.8. The average molecular weight is 259 g/mol. The molecule has 0 unspecified atom stereocenters. The summed E-state index contributed by atoms with van der Waals surface area (Å²) in [5.74, 6) is 0. The molecule has 6 nitrogen and oxygen atoms in total.